The van der Waals surface area contributed by atoms with Gasteiger partial charge in [0.25, 0.3) is 0 Å². The van der Waals surface area contributed by atoms with Crippen molar-refractivity contribution in [1.82, 2.24) is 4.90 Å². The molecule has 2 rings (SSSR count). The van der Waals surface area contributed by atoms with Crippen molar-refractivity contribution in [2.75, 3.05) is 13.1 Å². The Kier molecular flexibility index (Phi) is 3.64. The minimum Gasteiger partial charge on any atom is -0.508 e. The van der Waals surface area contributed by atoms with Gasteiger partial charge in [-0.25, -0.2) is 0 Å². The summed E-state index contributed by atoms with van der Waals surface area (Å²) in [6, 6.07) is 7.20. The maximum absolute atomic E-state index is 10.9. The first-order valence-corrected chi connectivity index (χ1v) is 5.89. The number of carbonyl (C=O) groups is 1. The fourth-order valence-electron chi connectivity index (χ4n) is 2.29. The molecule has 0 aliphatic carbocycles. The van der Waals surface area contributed by atoms with E-state index in [1.807, 2.05) is 12.1 Å². The Morgan fingerprint density at radius 1 is 1.41 bits per heavy atom. The van der Waals surface area contributed by atoms with Gasteiger partial charge in [0.2, 0.25) is 0 Å². The van der Waals surface area contributed by atoms with Gasteiger partial charge in [-0.3, -0.25) is 9.69 Å². The molecule has 0 bridgehead atoms. The number of rotatable bonds is 3. The van der Waals surface area contributed by atoms with E-state index in [1.165, 1.54) is 0 Å². The van der Waals surface area contributed by atoms with Gasteiger partial charge in [-0.1, -0.05) is 18.2 Å². The lowest BCUT2D eigenvalue weighted by Crippen LogP contribution is -2.38. The zero-order chi connectivity index (χ0) is 12.3. The largest absolute Gasteiger partial charge is 0.508 e. The van der Waals surface area contributed by atoms with Gasteiger partial charge in [-0.15, -0.1) is 0 Å². The van der Waals surface area contributed by atoms with Crippen molar-refractivity contribution in [3.8, 4) is 5.75 Å². The Morgan fingerprint density at radius 2 is 2.18 bits per heavy atom. The lowest BCUT2D eigenvalue weighted by Gasteiger charge is -2.30. The molecule has 1 aliphatic heterocycles. The molecular weight excluding hydrogens is 218 g/mol. The van der Waals surface area contributed by atoms with Crippen LogP contribution in [0.15, 0.2) is 24.3 Å². The molecule has 17 heavy (non-hydrogen) atoms. The Labute approximate surface area is 100 Å². The molecule has 1 aromatic carbocycles. The summed E-state index contributed by atoms with van der Waals surface area (Å²) >= 11 is 0. The number of phenols is 1. The summed E-state index contributed by atoms with van der Waals surface area (Å²) < 4.78 is 0. The van der Waals surface area contributed by atoms with Crippen LogP contribution in [0.3, 0.4) is 0 Å². The van der Waals surface area contributed by atoms with Gasteiger partial charge in [-0.2, -0.15) is 0 Å². The van der Waals surface area contributed by atoms with Crippen LogP contribution >= 0.6 is 0 Å². The number of hydrogen-bond donors (Lipinski definition) is 2. The fraction of sp³-hybridized carbons (Fsp3) is 0.462. The standard InChI is InChI=1S/C13H17NO3/c15-12-6-2-1-4-10(12)8-14-7-3-5-11(9-14)13(16)17/h1-2,4,6,11,15H,3,5,7-9H2,(H,16,17). The summed E-state index contributed by atoms with van der Waals surface area (Å²) in [5.41, 5.74) is 0.860. The summed E-state index contributed by atoms with van der Waals surface area (Å²) in [5, 5.41) is 18.7. The Balaban J connectivity index is 1.99. The molecule has 2 N–H and O–H groups in total. The van der Waals surface area contributed by atoms with E-state index in [2.05, 4.69) is 4.90 Å². The Morgan fingerprint density at radius 3 is 2.88 bits per heavy atom. The highest BCUT2D eigenvalue weighted by molar-refractivity contribution is 5.70. The molecule has 1 heterocycles. The highest BCUT2D eigenvalue weighted by atomic mass is 16.4. The van der Waals surface area contributed by atoms with E-state index < -0.39 is 5.97 Å². The van der Waals surface area contributed by atoms with E-state index in [0.29, 0.717) is 13.1 Å². The quantitative estimate of drug-likeness (QED) is 0.837. The van der Waals surface area contributed by atoms with Crippen molar-refractivity contribution >= 4 is 5.97 Å². The minimum absolute atomic E-state index is 0.269. The molecule has 0 radical (unpaired) electrons. The van der Waals surface area contributed by atoms with E-state index in [4.69, 9.17) is 5.11 Å². The van der Waals surface area contributed by atoms with Gasteiger partial charge in [-0.05, 0) is 25.5 Å². The predicted octanol–water partition coefficient (Wildman–Crippen LogP) is 1.69. The normalized spacial score (nSPS) is 21.3. The molecule has 92 valence electrons. The van der Waals surface area contributed by atoms with Gasteiger partial charge in [0.05, 0.1) is 5.92 Å². The number of carboxylic acid groups (broad SMARTS) is 1. The molecule has 0 saturated carbocycles. The molecule has 1 unspecified atom stereocenters. The van der Waals surface area contributed by atoms with E-state index in [0.717, 1.165) is 24.9 Å². The number of benzene rings is 1. The monoisotopic (exact) mass is 235 g/mol. The Bertz CT molecular complexity index is 405. The van der Waals surface area contributed by atoms with E-state index in [9.17, 15) is 9.90 Å². The SMILES string of the molecule is O=C(O)C1CCCN(Cc2ccccc2O)C1. The van der Waals surface area contributed by atoms with Crippen molar-refractivity contribution in [3.05, 3.63) is 29.8 Å². The van der Waals surface area contributed by atoms with Crippen LogP contribution in [0.5, 0.6) is 5.75 Å². The van der Waals surface area contributed by atoms with Crippen LogP contribution in [0.25, 0.3) is 0 Å². The van der Waals surface area contributed by atoms with Crippen molar-refractivity contribution < 1.29 is 15.0 Å². The van der Waals surface area contributed by atoms with Gasteiger partial charge >= 0.3 is 5.97 Å². The number of piperidine rings is 1. The minimum atomic E-state index is -0.716. The Hall–Kier alpha value is -1.55. The van der Waals surface area contributed by atoms with Crippen LogP contribution in [0, 0.1) is 5.92 Å². The van der Waals surface area contributed by atoms with Crippen molar-refractivity contribution in [1.29, 1.82) is 0 Å². The van der Waals surface area contributed by atoms with Gasteiger partial charge < -0.3 is 10.2 Å². The number of aliphatic carboxylic acids is 1. The number of aromatic hydroxyl groups is 1. The van der Waals surface area contributed by atoms with Crippen molar-refractivity contribution in [2.24, 2.45) is 5.92 Å². The number of para-hydroxylation sites is 1. The number of phenolic OH excluding ortho intramolecular Hbond substituents is 1. The third kappa shape index (κ3) is 2.97. The lowest BCUT2D eigenvalue weighted by atomic mass is 9.98. The maximum Gasteiger partial charge on any atom is 0.307 e. The first kappa shape index (κ1) is 11.9. The summed E-state index contributed by atoms with van der Waals surface area (Å²) in [5.74, 6) is -0.702. The number of carboxylic acids is 1. The predicted molar refractivity (Wildman–Crippen MR) is 63.7 cm³/mol. The molecule has 1 fully saturated rings. The second-order valence-electron chi connectivity index (χ2n) is 4.54. The molecule has 4 heteroatoms. The second kappa shape index (κ2) is 5.19. The van der Waals surface area contributed by atoms with E-state index in [-0.39, 0.29) is 11.7 Å². The van der Waals surface area contributed by atoms with E-state index >= 15 is 0 Å². The smallest absolute Gasteiger partial charge is 0.307 e. The second-order valence-corrected chi connectivity index (χ2v) is 4.54. The van der Waals surface area contributed by atoms with E-state index in [1.54, 1.807) is 12.1 Å². The average molecular weight is 235 g/mol. The molecule has 1 aromatic rings. The maximum atomic E-state index is 10.9. The van der Waals surface area contributed by atoms with Crippen molar-refractivity contribution in [2.45, 2.75) is 19.4 Å². The molecule has 0 amide bonds. The number of likely N-dealkylation sites (tertiary alicyclic amines) is 1. The zero-order valence-electron chi connectivity index (χ0n) is 9.67. The summed E-state index contributed by atoms with van der Waals surface area (Å²) in [4.78, 5) is 13.0. The molecule has 1 atom stereocenters. The number of nitrogens with zero attached hydrogens (tertiary/aromatic N) is 1. The van der Waals surface area contributed by atoms with Crippen LogP contribution in [-0.4, -0.2) is 34.2 Å². The molecular formula is C13H17NO3. The first-order chi connectivity index (χ1) is 8.16. The third-order valence-corrected chi connectivity index (χ3v) is 3.24. The molecule has 0 spiro atoms. The van der Waals surface area contributed by atoms with Crippen molar-refractivity contribution in [3.63, 3.8) is 0 Å². The van der Waals surface area contributed by atoms with Crippen LogP contribution in [0.1, 0.15) is 18.4 Å². The summed E-state index contributed by atoms with van der Waals surface area (Å²) in [7, 11) is 0. The molecule has 0 aromatic heterocycles. The molecule has 1 saturated heterocycles. The van der Waals surface area contributed by atoms with Crippen LogP contribution in [-0.2, 0) is 11.3 Å². The van der Waals surface area contributed by atoms with Crippen LogP contribution < -0.4 is 0 Å². The highest BCUT2D eigenvalue weighted by Crippen LogP contribution is 2.22. The average Bonchev–Trinajstić information content (AvgIpc) is 2.32. The zero-order valence-corrected chi connectivity index (χ0v) is 9.67. The highest BCUT2D eigenvalue weighted by Gasteiger charge is 2.25. The first-order valence-electron chi connectivity index (χ1n) is 5.89. The molecule has 1 aliphatic rings. The van der Waals surface area contributed by atoms with Gasteiger partial charge in [0.15, 0.2) is 0 Å². The fourth-order valence-corrected chi connectivity index (χ4v) is 2.29. The number of hydrogen-bond acceptors (Lipinski definition) is 3. The third-order valence-electron chi connectivity index (χ3n) is 3.24. The topological polar surface area (TPSA) is 60.8 Å². The summed E-state index contributed by atoms with van der Waals surface area (Å²) in [6.45, 7) is 2.10. The van der Waals surface area contributed by atoms with Gasteiger partial charge in [0.1, 0.15) is 5.75 Å². The van der Waals surface area contributed by atoms with Gasteiger partial charge in [0, 0.05) is 18.7 Å². The van der Waals surface area contributed by atoms with Crippen LogP contribution in [0.2, 0.25) is 0 Å². The van der Waals surface area contributed by atoms with Crippen LogP contribution in [0.4, 0.5) is 0 Å². The summed E-state index contributed by atoms with van der Waals surface area (Å²) in [6.07, 6.45) is 1.66. The lowest BCUT2D eigenvalue weighted by molar-refractivity contribution is -0.143. The molecule has 4 nitrogen and oxygen atoms in total.